The fourth-order valence-electron chi connectivity index (χ4n) is 1.59. The third kappa shape index (κ3) is 2.00. The highest BCUT2D eigenvalue weighted by atomic mass is 19.2. The van der Waals surface area contributed by atoms with Crippen molar-refractivity contribution in [3.05, 3.63) is 58.7 Å². The maximum Gasteiger partial charge on any atom is 0.170 e. The summed E-state index contributed by atoms with van der Waals surface area (Å²) in [5.41, 5.74) is -3.73. The zero-order chi connectivity index (χ0) is 15.2. The van der Waals surface area contributed by atoms with Crippen molar-refractivity contribution < 1.29 is 35.1 Å². The Labute approximate surface area is 106 Å². The molecule has 0 unspecified atom stereocenters. The van der Waals surface area contributed by atoms with Crippen LogP contribution in [0.3, 0.4) is 0 Å². The fraction of sp³-hybridized carbons (Fsp3) is 0. The third-order valence-corrected chi connectivity index (χ3v) is 2.47. The van der Waals surface area contributed by atoms with Gasteiger partial charge in [-0.3, -0.25) is 0 Å². The van der Waals surface area contributed by atoms with Gasteiger partial charge in [-0.1, -0.05) is 0 Å². The van der Waals surface area contributed by atoms with E-state index in [2.05, 4.69) is 0 Å². The number of hydrogen-bond donors (Lipinski definition) is 0. The molecule has 0 aliphatic heterocycles. The molecule has 2 aromatic carbocycles. The predicted molar refractivity (Wildman–Crippen MR) is 51.5 cm³/mol. The second-order valence-electron chi connectivity index (χ2n) is 3.69. The van der Waals surface area contributed by atoms with Crippen LogP contribution < -0.4 is 0 Å². The topological polar surface area (TPSA) is 0 Å². The molecule has 2 aromatic rings. The van der Waals surface area contributed by atoms with Gasteiger partial charge in [0.2, 0.25) is 0 Å². The summed E-state index contributed by atoms with van der Waals surface area (Å²) in [5, 5.41) is 0. The SMILES string of the molecule is Fc1cc(F)c(F)c(-c2c(F)c(F)cc(F)c2F)c1F. The van der Waals surface area contributed by atoms with Crippen LogP contribution in [0.1, 0.15) is 0 Å². The fourth-order valence-corrected chi connectivity index (χ4v) is 1.59. The molecule has 0 fully saturated rings. The van der Waals surface area contributed by atoms with E-state index in [-0.39, 0.29) is 12.1 Å². The Morgan fingerprint density at radius 3 is 0.800 bits per heavy atom. The van der Waals surface area contributed by atoms with E-state index in [4.69, 9.17) is 0 Å². The summed E-state index contributed by atoms with van der Waals surface area (Å²) in [7, 11) is 0. The van der Waals surface area contributed by atoms with Crippen molar-refractivity contribution in [2.45, 2.75) is 0 Å². The van der Waals surface area contributed by atoms with Gasteiger partial charge in [-0.05, 0) is 0 Å². The van der Waals surface area contributed by atoms with Crippen LogP contribution in [0.15, 0.2) is 12.1 Å². The summed E-state index contributed by atoms with van der Waals surface area (Å²) in [4.78, 5) is 0. The number of benzene rings is 2. The van der Waals surface area contributed by atoms with Gasteiger partial charge in [0.25, 0.3) is 0 Å². The Balaban J connectivity index is 2.96. The highest BCUT2D eigenvalue weighted by Gasteiger charge is 2.29. The zero-order valence-electron chi connectivity index (χ0n) is 9.18. The third-order valence-electron chi connectivity index (χ3n) is 2.47. The van der Waals surface area contributed by atoms with Crippen LogP contribution in [-0.2, 0) is 0 Å². The van der Waals surface area contributed by atoms with Gasteiger partial charge in [0.15, 0.2) is 46.5 Å². The Morgan fingerprint density at radius 2 is 0.600 bits per heavy atom. The van der Waals surface area contributed by atoms with E-state index in [1.54, 1.807) is 0 Å². The molecule has 106 valence electrons. The second-order valence-corrected chi connectivity index (χ2v) is 3.69. The van der Waals surface area contributed by atoms with E-state index in [1.165, 1.54) is 0 Å². The van der Waals surface area contributed by atoms with Crippen molar-refractivity contribution in [3.8, 4) is 11.1 Å². The molecule has 0 nitrogen and oxygen atoms in total. The normalized spacial score (nSPS) is 11.0. The smallest absolute Gasteiger partial charge is 0.170 e. The first-order valence-electron chi connectivity index (χ1n) is 4.92. The second kappa shape index (κ2) is 4.77. The molecule has 0 atom stereocenters. The average molecular weight is 298 g/mol. The van der Waals surface area contributed by atoms with Crippen LogP contribution in [0.2, 0.25) is 0 Å². The van der Waals surface area contributed by atoms with E-state index in [0.29, 0.717) is 0 Å². The van der Waals surface area contributed by atoms with Crippen molar-refractivity contribution in [1.82, 2.24) is 0 Å². The molecular weight excluding hydrogens is 296 g/mol. The molecule has 0 saturated carbocycles. The van der Waals surface area contributed by atoms with Crippen LogP contribution in [0, 0.1) is 46.5 Å². The standard InChI is InChI=1S/C12H2F8/c13-3-1-4(14)10(18)7(9(3)17)8-11(19)5(15)2-6(16)12(8)20/h1-2H. The summed E-state index contributed by atoms with van der Waals surface area (Å²) in [6, 6.07) is -0.417. The summed E-state index contributed by atoms with van der Waals surface area (Å²) >= 11 is 0. The van der Waals surface area contributed by atoms with Crippen LogP contribution in [0.5, 0.6) is 0 Å². The molecule has 0 aliphatic rings. The lowest BCUT2D eigenvalue weighted by atomic mass is 10.0. The van der Waals surface area contributed by atoms with E-state index >= 15 is 0 Å². The summed E-state index contributed by atoms with van der Waals surface area (Å²) in [6.45, 7) is 0. The van der Waals surface area contributed by atoms with Crippen LogP contribution in [0.25, 0.3) is 11.1 Å². The number of rotatable bonds is 1. The molecule has 2 rings (SSSR count). The monoisotopic (exact) mass is 298 g/mol. The number of halogens is 8. The van der Waals surface area contributed by atoms with Crippen molar-refractivity contribution in [3.63, 3.8) is 0 Å². The van der Waals surface area contributed by atoms with E-state index in [1.807, 2.05) is 0 Å². The maximum absolute atomic E-state index is 13.4. The molecule has 8 heteroatoms. The predicted octanol–water partition coefficient (Wildman–Crippen LogP) is 4.47. The van der Waals surface area contributed by atoms with Gasteiger partial charge in [0.1, 0.15) is 0 Å². The van der Waals surface area contributed by atoms with Crippen molar-refractivity contribution in [2.24, 2.45) is 0 Å². The number of hydrogen-bond acceptors (Lipinski definition) is 0. The first kappa shape index (κ1) is 14.3. The van der Waals surface area contributed by atoms with E-state index in [0.717, 1.165) is 0 Å². The van der Waals surface area contributed by atoms with Crippen LogP contribution in [-0.4, -0.2) is 0 Å². The van der Waals surface area contributed by atoms with Gasteiger partial charge in [0.05, 0.1) is 11.1 Å². The Morgan fingerprint density at radius 1 is 0.400 bits per heavy atom. The molecule has 0 aliphatic carbocycles. The molecule has 0 saturated heterocycles. The molecule has 0 bridgehead atoms. The minimum atomic E-state index is -2.17. The zero-order valence-corrected chi connectivity index (χ0v) is 9.18. The van der Waals surface area contributed by atoms with Gasteiger partial charge in [-0.25, -0.2) is 35.1 Å². The van der Waals surface area contributed by atoms with Crippen LogP contribution in [0.4, 0.5) is 35.1 Å². The molecular formula is C12H2F8. The molecule has 0 radical (unpaired) electrons. The molecule has 0 heterocycles. The van der Waals surface area contributed by atoms with Gasteiger partial charge in [-0.15, -0.1) is 0 Å². The summed E-state index contributed by atoms with van der Waals surface area (Å²) in [6.07, 6.45) is 0. The lowest BCUT2D eigenvalue weighted by molar-refractivity contribution is 0.441. The minimum Gasteiger partial charge on any atom is -0.204 e. The average Bonchev–Trinajstić information content (AvgIpc) is 2.38. The molecule has 0 aromatic heterocycles. The molecule has 0 N–H and O–H groups in total. The molecule has 0 amide bonds. The van der Waals surface area contributed by atoms with Crippen molar-refractivity contribution in [2.75, 3.05) is 0 Å². The van der Waals surface area contributed by atoms with Gasteiger partial charge in [0, 0.05) is 12.1 Å². The Hall–Kier alpha value is -2.12. The Kier molecular flexibility index (Phi) is 3.41. The Bertz CT molecular complexity index is 594. The molecule has 20 heavy (non-hydrogen) atoms. The lowest BCUT2D eigenvalue weighted by Gasteiger charge is -2.10. The quantitative estimate of drug-likeness (QED) is 0.538. The lowest BCUT2D eigenvalue weighted by Crippen LogP contribution is -2.05. The van der Waals surface area contributed by atoms with Crippen LogP contribution >= 0.6 is 0 Å². The van der Waals surface area contributed by atoms with Gasteiger partial charge in [-0.2, -0.15) is 0 Å². The van der Waals surface area contributed by atoms with Gasteiger partial charge >= 0.3 is 0 Å². The largest absolute Gasteiger partial charge is 0.204 e. The van der Waals surface area contributed by atoms with Gasteiger partial charge < -0.3 is 0 Å². The first-order chi connectivity index (χ1) is 9.25. The van der Waals surface area contributed by atoms with E-state index in [9.17, 15) is 35.1 Å². The van der Waals surface area contributed by atoms with Crippen molar-refractivity contribution >= 4 is 0 Å². The van der Waals surface area contributed by atoms with E-state index < -0.39 is 57.7 Å². The van der Waals surface area contributed by atoms with Crippen molar-refractivity contribution in [1.29, 1.82) is 0 Å². The molecule has 0 spiro atoms. The summed E-state index contributed by atoms with van der Waals surface area (Å²) in [5.74, 6) is -16.6. The highest BCUT2D eigenvalue weighted by Crippen LogP contribution is 2.35. The first-order valence-corrected chi connectivity index (χ1v) is 4.92. The minimum absolute atomic E-state index is 0.209. The maximum atomic E-state index is 13.4. The summed E-state index contributed by atoms with van der Waals surface area (Å²) < 4.78 is 105. The highest BCUT2D eigenvalue weighted by molar-refractivity contribution is 5.67.